The van der Waals surface area contributed by atoms with E-state index in [1.165, 1.54) is 0 Å². The van der Waals surface area contributed by atoms with Crippen LogP contribution >= 0.6 is 11.6 Å². The summed E-state index contributed by atoms with van der Waals surface area (Å²) in [7, 11) is 3.16. The van der Waals surface area contributed by atoms with Crippen LogP contribution in [0.3, 0.4) is 0 Å². The van der Waals surface area contributed by atoms with Gasteiger partial charge in [-0.1, -0.05) is 23.7 Å². The number of carbonyl (C=O) groups excluding carboxylic acids is 1. The van der Waals surface area contributed by atoms with Crippen LogP contribution in [0, 0.1) is 0 Å². The Kier molecular flexibility index (Phi) is 5.34. The second-order valence-corrected chi connectivity index (χ2v) is 6.37. The number of anilines is 1. The van der Waals surface area contributed by atoms with Gasteiger partial charge in [0, 0.05) is 35.5 Å². The minimum atomic E-state index is -0.132. The summed E-state index contributed by atoms with van der Waals surface area (Å²) in [6.45, 7) is 0.722. The zero-order chi connectivity index (χ0) is 17.8. The van der Waals surface area contributed by atoms with Crippen LogP contribution in [0.1, 0.15) is 24.4 Å². The van der Waals surface area contributed by atoms with Gasteiger partial charge in [0.25, 0.3) is 0 Å². The smallest absolute Gasteiger partial charge is 0.322 e. The first kappa shape index (κ1) is 17.4. The number of nitrogens with one attached hydrogen (secondary N) is 1. The third kappa shape index (κ3) is 3.99. The normalized spacial score (nSPS) is 16.6. The van der Waals surface area contributed by atoms with Crippen LogP contribution in [0.25, 0.3) is 0 Å². The lowest BCUT2D eigenvalue weighted by atomic mass is 10.1. The molecule has 0 unspecified atom stereocenters. The van der Waals surface area contributed by atoms with Crippen molar-refractivity contribution in [2.75, 3.05) is 26.1 Å². The Morgan fingerprint density at radius 1 is 1.12 bits per heavy atom. The number of rotatable bonds is 4. The number of carbonyl (C=O) groups is 1. The van der Waals surface area contributed by atoms with Gasteiger partial charge in [0.15, 0.2) is 0 Å². The van der Waals surface area contributed by atoms with Crippen LogP contribution < -0.4 is 14.8 Å². The highest BCUT2D eigenvalue weighted by atomic mass is 35.5. The predicted octanol–water partition coefficient (Wildman–Crippen LogP) is 4.73. The van der Waals surface area contributed by atoms with E-state index in [-0.39, 0.29) is 12.1 Å². The van der Waals surface area contributed by atoms with E-state index in [2.05, 4.69) is 5.32 Å². The highest BCUT2D eigenvalue weighted by Crippen LogP contribution is 2.33. The van der Waals surface area contributed by atoms with Crippen molar-refractivity contribution in [3.05, 3.63) is 53.1 Å². The molecule has 0 bridgehead atoms. The van der Waals surface area contributed by atoms with Gasteiger partial charge in [-0.25, -0.2) is 4.79 Å². The van der Waals surface area contributed by atoms with Gasteiger partial charge >= 0.3 is 6.03 Å². The average molecular weight is 361 g/mol. The summed E-state index contributed by atoms with van der Waals surface area (Å²) in [4.78, 5) is 14.6. The van der Waals surface area contributed by atoms with E-state index in [0.717, 1.165) is 24.9 Å². The molecule has 1 aliphatic rings. The SMILES string of the molecule is COc1cc(NC(=O)N2CCC[C@@H]2c2ccc(Cl)cc2)cc(OC)c1. The second kappa shape index (κ2) is 7.66. The van der Waals surface area contributed by atoms with Gasteiger partial charge in [-0.2, -0.15) is 0 Å². The fourth-order valence-corrected chi connectivity index (χ4v) is 3.24. The summed E-state index contributed by atoms with van der Waals surface area (Å²) in [5.74, 6) is 1.26. The van der Waals surface area contributed by atoms with Gasteiger partial charge in [0.1, 0.15) is 11.5 Å². The lowest BCUT2D eigenvalue weighted by Crippen LogP contribution is -2.34. The zero-order valence-corrected chi connectivity index (χ0v) is 15.0. The first-order valence-electron chi connectivity index (χ1n) is 8.17. The molecule has 1 fully saturated rings. The molecule has 1 heterocycles. The summed E-state index contributed by atoms with van der Waals surface area (Å²) in [5.41, 5.74) is 1.74. The number of urea groups is 1. The summed E-state index contributed by atoms with van der Waals surface area (Å²) in [6, 6.07) is 12.9. The van der Waals surface area contributed by atoms with Gasteiger partial charge < -0.3 is 19.7 Å². The number of benzene rings is 2. The Balaban J connectivity index is 1.77. The molecule has 25 heavy (non-hydrogen) atoms. The van der Waals surface area contributed by atoms with E-state index in [0.29, 0.717) is 22.2 Å². The highest BCUT2D eigenvalue weighted by Gasteiger charge is 2.30. The number of likely N-dealkylation sites (tertiary alicyclic amines) is 1. The lowest BCUT2D eigenvalue weighted by Gasteiger charge is -2.25. The fourth-order valence-electron chi connectivity index (χ4n) is 3.12. The average Bonchev–Trinajstić information content (AvgIpc) is 3.11. The van der Waals surface area contributed by atoms with Crippen LogP contribution in [0.5, 0.6) is 11.5 Å². The molecule has 2 amide bonds. The molecule has 1 aliphatic heterocycles. The summed E-state index contributed by atoms with van der Waals surface area (Å²) < 4.78 is 10.5. The van der Waals surface area contributed by atoms with Crippen LogP contribution in [0.15, 0.2) is 42.5 Å². The molecular weight excluding hydrogens is 340 g/mol. The Hall–Kier alpha value is -2.40. The largest absolute Gasteiger partial charge is 0.497 e. The highest BCUT2D eigenvalue weighted by molar-refractivity contribution is 6.30. The molecular formula is C19H21ClN2O3. The quantitative estimate of drug-likeness (QED) is 0.857. The summed E-state index contributed by atoms with van der Waals surface area (Å²) in [5, 5.41) is 3.64. The van der Waals surface area contributed by atoms with Crippen molar-refractivity contribution in [2.45, 2.75) is 18.9 Å². The van der Waals surface area contributed by atoms with Crippen LogP contribution in [0.4, 0.5) is 10.5 Å². The van der Waals surface area contributed by atoms with Crippen molar-refractivity contribution in [1.82, 2.24) is 4.90 Å². The lowest BCUT2D eigenvalue weighted by molar-refractivity contribution is 0.207. The van der Waals surface area contributed by atoms with E-state index >= 15 is 0 Å². The molecule has 1 saturated heterocycles. The fraction of sp³-hybridized carbons (Fsp3) is 0.316. The Labute approximate surface area is 152 Å². The first-order valence-corrected chi connectivity index (χ1v) is 8.54. The van der Waals surface area contributed by atoms with Crippen molar-refractivity contribution in [2.24, 2.45) is 0 Å². The molecule has 132 valence electrons. The Bertz CT molecular complexity index is 727. The van der Waals surface area contributed by atoms with E-state index in [1.807, 2.05) is 29.2 Å². The standard InChI is InChI=1S/C19H21ClN2O3/c1-24-16-10-15(11-17(12-16)25-2)21-19(23)22-9-3-4-18(22)13-5-7-14(20)8-6-13/h5-8,10-12,18H,3-4,9H2,1-2H3,(H,21,23)/t18-/m1/s1. The molecule has 1 N–H and O–H groups in total. The third-order valence-corrected chi connectivity index (χ3v) is 4.62. The maximum absolute atomic E-state index is 12.8. The molecule has 2 aromatic rings. The molecule has 5 nitrogen and oxygen atoms in total. The molecule has 1 atom stereocenters. The maximum Gasteiger partial charge on any atom is 0.322 e. The van der Waals surface area contributed by atoms with Gasteiger partial charge in [0.2, 0.25) is 0 Å². The number of hydrogen-bond donors (Lipinski definition) is 1. The van der Waals surface area contributed by atoms with Crippen molar-refractivity contribution in [3.63, 3.8) is 0 Å². The van der Waals surface area contributed by atoms with Gasteiger partial charge in [-0.15, -0.1) is 0 Å². The van der Waals surface area contributed by atoms with Gasteiger partial charge in [-0.3, -0.25) is 0 Å². The molecule has 0 saturated carbocycles. The summed E-state index contributed by atoms with van der Waals surface area (Å²) in [6.07, 6.45) is 1.92. The monoisotopic (exact) mass is 360 g/mol. The molecule has 6 heteroatoms. The number of amides is 2. The number of ether oxygens (including phenoxy) is 2. The zero-order valence-electron chi connectivity index (χ0n) is 14.3. The van der Waals surface area contributed by atoms with Gasteiger partial charge in [0.05, 0.1) is 20.3 Å². The second-order valence-electron chi connectivity index (χ2n) is 5.93. The van der Waals surface area contributed by atoms with Crippen molar-refractivity contribution >= 4 is 23.3 Å². The first-order chi connectivity index (χ1) is 12.1. The Morgan fingerprint density at radius 2 is 1.76 bits per heavy atom. The van der Waals surface area contributed by atoms with Crippen LogP contribution in [0.2, 0.25) is 5.02 Å². The number of nitrogens with zero attached hydrogens (tertiary/aromatic N) is 1. The van der Waals surface area contributed by atoms with Gasteiger partial charge in [-0.05, 0) is 30.5 Å². The molecule has 0 radical (unpaired) electrons. The Morgan fingerprint density at radius 3 is 2.36 bits per heavy atom. The van der Waals surface area contributed by atoms with E-state index in [1.54, 1.807) is 32.4 Å². The summed E-state index contributed by atoms with van der Waals surface area (Å²) >= 11 is 5.97. The number of halogens is 1. The van der Waals surface area contributed by atoms with E-state index in [4.69, 9.17) is 21.1 Å². The topological polar surface area (TPSA) is 50.8 Å². The van der Waals surface area contributed by atoms with Crippen molar-refractivity contribution < 1.29 is 14.3 Å². The van der Waals surface area contributed by atoms with E-state index in [9.17, 15) is 4.79 Å². The molecule has 0 spiro atoms. The van der Waals surface area contributed by atoms with Crippen LogP contribution in [-0.4, -0.2) is 31.7 Å². The minimum Gasteiger partial charge on any atom is -0.497 e. The number of hydrogen-bond acceptors (Lipinski definition) is 3. The third-order valence-electron chi connectivity index (χ3n) is 4.37. The molecule has 3 rings (SSSR count). The molecule has 0 aliphatic carbocycles. The molecule has 0 aromatic heterocycles. The molecule has 2 aromatic carbocycles. The van der Waals surface area contributed by atoms with Crippen LogP contribution in [-0.2, 0) is 0 Å². The van der Waals surface area contributed by atoms with Crippen molar-refractivity contribution in [1.29, 1.82) is 0 Å². The maximum atomic E-state index is 12.8. The predicted molar refractivity (Wildman–Crippen MR) is 98.7 cm³/mol. The minimum absolute atomic E-state index is 0.0600. The van der Waals surface area contributed by atoms with Crippen molar-refractivity contribution in [3.8, 4) is 11.5 Å². The number of methoxy groups -OCH3 is 2. The van der Waals surface area contributed by atoms with E-state index < -0.39 is 0 Å².